The van der Waals surface area contributed by atoms with E-state index in [1.165, 1.54) is 15.5 Å². The molecule has 0 saturated heterocycles. The van der Waals surface area contributed by atoms with Crippen molar-refractivity contribution < 1.29 is 27.5 Å². The maximum Gasteiger partial charge on any atom is 0.457 e. The van der Waals surface area contributed by atoms with E-state index in [2.05, 4.69) is 11.0 Å². The standard InChI is InChI=1S/C18H22F3N3O3/c1-17(2,3)27-16(26)23-10-7-14-13(11-23)15(12-25)24(22-14)9-6-4-5-8-18(19,20)21/h12H,4,6-7,9-11H2,1-3H3. The average Bonchev–Trinajstić information content (AvgIpc) is 2.88. The van der Waals surface area contributed by atoms with Crippen molar-refractivity contribution in [2.24, 2.45) is 0 Å². The molecular weight excluding hydrogens is 363 g/mol. The van der Waals surface area contributed by atoms with Crippen molar-refractivity contribution >= 4 is 12.4 Å². The van der Waals surface area contributed by atoms with Crippen molar-refractivity contribution in [1.82, 2.24) is 14.7 Å². The lowest BCUT2D eigenvalue weighted by Gasteiger charge is -2.29. The third-order valence-electron chi connectivity index (χ3n) is 3.81. The van der Waals surface area contributed by atoms with Crippen molar-refractivity contribution in [2.75, 3.05) is 6.54 Å². The molecule has 0 aliphatic carbocycles. The molecule has 0 fully saturated rings. The van der Waals surface area contributed by atoms with Gasteiger partial charge in [0.2, 0.25) is 0 Å². The third-order valence-corrected chi connectivity index (χ3v) is 3.81. The summed E-state index contributed by atoms with van der Waals surface area (Å²) in [6, 6.07) is 0. The monoisotopic (exact) mass is 385 g/mol. The molecule has 0 N–H and O–H groups in total. The zero-order valence-electron chi connectivity index (χ0n) is 15.5. The first-order valence-corrected chi connectivity index (χ1v) is 8.58. The van der Waals surface area contributed by atoms with Gasteiger partial charge in [0.1, 0.15) is 11.3 Å². The number of fused-ring (bicyclic) bond motifs is 1. The molecule has 0 bridgehead atoms. The lowest BCUT2D eigenvalue weighted by Crippen LogP contribution is -2.40. The fourth-order valence-electron chi connectivity index (χ4n) is 2.71. The van der Waals surface area contributed by atoms with Gasteiger partial charge in [0.05, 0.1) is 12.2 Å². The lowest BCUT2D eigenvalue weighted by atomic mass is 10.1. The molecule has 0 atom stereocenters. The largest absolute Gasteiger partial charge is 0.457 e. The Kier molecular flexibility index (Phi) is 6.19. The minimum Gasteiger partial charge on any atom is -0.444 e. The molecule has 1 amide bonds. The molecule has 0 unspecified atom stereocenters. The number of amides is 1. The number of unbranched alkanes of at least 4 members (excludes halogenated alkanes) is 1. The van der Waals surface area contributed by atoms with E-state index in [1.807, 2.05) is 0 Å². The number of aromatic nitrogens is 2. The Balaban J connectivity index is 2.05. The van der Waals surface area contributed by atoms with Gasteiger partial charge in [-0.15, -0.1) is 0 Å². The Morgan fingerprint density at radius 3 is 2.63 bits per heavy atom. The third kappa shape index (κ3) is 6.01. The van der Waals surface area contributed by atoms with Crippen LogP contribution in [-0.4, -0.2) is 45.4 Å². The average molecular weight is 385 g/mol. The maximum atomic E-state index is 12.2. The summed E-state index contributed by atoms with van der Waals surface area (Å²) < 4.78 is 42.8. The van der Waals surface area contributed by atoms with Gasteiger partial charge in [0, 0.05) is 37.4 Å². The van der Waals surface area contributed by atoms with Crippen LogP contribution in [-0.2, 0) is 24.2 Å². The van der Waals surface area contributed by atoms with Crippen LogP contribution in [0.4, 0.5) is 18.0 Å². The molecule has 9 heteroatoms. The van der Waals surface area contributed by atoms with E-state index in [9.17, 15) is 22.8 Å². The number of rotatable bonds is 4. The van der Waals surface area contributed by atoms with Gasteiger partial charge in [0.25, 0.3) is 0 Å². The molecule has 2 rings (SSSR count). The summed E-state index contributed by atoms with van der Waals surface area (Å²) >= 11 is 0. The first-order chi connectivity index (χ1) is 12.5. The maximum absolute atomic E-state index is 12.2. The van der Waals surface area contributed by atoms with Gasteiger partial charge in [-0.3, -0.25) is 9.48 Å². The summed E-state index contributed by atoms with van der Waals surface area (Å²) in [5.74, 6) is 3.28. The van der Waals surface area contributed by atoms with Crippen LogP contribution >= 0.6 is 0 Å². The quantitative estimate of drug-likeness (QED) is 0.453. The number of alkyl halides is 3. The molecular formula is C18H22F3N3O3. The number of ether oxygens (including phenoxy) is 1. The molecule has 1 aliphatic rings. The minimum atomic E-state index is -4.50. The van der Waals surface area contributed by atoms with E-state index in [0.29, 0.717) is 36.9 Å². The molecule has 1 aromatic heterocycles. The molecule has 27 heavy (non-hydrogen) atoms. The van der Waals surface area contributed by atoms with Crippen molar-refractivity contribution in [3.63, 3.8) is 0 Å². The summed E-state index contributed by atoms with van der Waals surface area (Å²) in [5.41, 5.74) is 1.09. The molecule has 148 valence electrons. The van der Waals surface area contributed by atoms with Crippen LogP contribution in [0.1, 0.15) is 55.4 Å². The van der Waals surface area contributed by atoms with Crippen LogP contribution in [0.25, 0.3) is 0 Å². The normalized spacial score (nSPS) is 14.2. The predicted molar refractivity (Wildman–Crippen MR) is 91.0 cm³/mol. The van der Waals surface area contributed by atoms with Crippen molar-refractivity contribution in [2.45, 2.75) is 64.9 Å². The number of aldehydes is 1. The number of halogens is 3. The van der Waals surface area contributed by atoms with Crippen LogP contribution in [0.3, 0.4) is 0 Å². The topological polar surface area (TPSA) is 64.4 Å². The highest BCUT2D eigenvalue weighted by Crippen LogP contribution is 2.23. The molecule has 0 radical (unpaired) electrons. The van der Waals surface area contributed by atoms with Gasteiger partial charge in [-0.2, -0.15) is 18.3 Å². The highest BCUT2D eigenvalue weighted by atomic mass is 19.4. The number of hydrogen-bond acceptors (Lipinski definition) is 4. The zero-order chi connectivity index (χ0) is 20.2. The number of carbonyl (C=O) groups excluding carboxylic acids is 2. The van der Waals surface area contributed by atoms with Gasteiger partial charge in [-0.05, 0) is 27.2 Å². The van der Waals surface area contributed by atoms with Gasteiger partial charge in [-0.1, -0.05) is 5.92 Å². The van der Waals surface area contributed by atoms with E-state index < -0.39 is 17.9 Å². The van der Waals surface area contributed by atoms with Gasteiger partial charge < -0.3 is 9.64 Å². The van der Waals surface area contributed by atoms with Crippen LogP contribution in [0.15, 0.2) is 0 Å². The SMILES string of the molecule is CC(C)(C)OC(=O)N1CCc2nn(CCCC#CC(F)(F)F)c(C=O)c2C1. The molecule has 0 spiro atoms. The Morgan fingerprint density at radius 1 is 1.33 bits per heavy atom. The predicted octanol–water partition coefficient (Wildman–Crippen LogP) is 3.33. The van der Waals surface area contributed by atoms with Crippen LogP contribution in [0, 0.1) is 11.8 Å². The highest BCUT2D eigenvalue weighted by molar-refractivity contribution is 5.76. The zero-order valence-corrected chi connectivity index (χ0v) is 15.5. The van der Waals surface area contributed by atoms with Gasteiger partial charge >= 0.3 is 12.3 Å². The van der Waals surface area contributed by atoms with Crippen LogP contribution in [0.5, 0.6) is 0 Å². The second-order valence-electron chi connectivity index (χ2n) is 7.21. The molecule has 0 saturated carbocycles. The smallest absolute Gasteiger partial charge is 0.444 e. The summed E-state index contributed by atoms with van der Waals surface area (Å²) in [4.78, 5) is 25.3. The van der Waals surface area contributed by atoms with Crippen molar-refractivity contribution in [3.05, 3.63) is 17.0 Å². The van der Waals surface area contributed by atoms with Crippen molar-refractivity contribution in [3.8, 4) is 11.8 Å². The van der Waals surface area contributed by atoms with E-state index in [4.69, 9.17) is 4.74 Å². The van der Waals surface area contributed by atoms with Crippen molar-refractivity contribution in [1.29, 1.82) is 0 Å². The molecule has 0 aromatic carbocycles. The summed E-state index contributed by atoms with van der Waals surface area (Å²) in [6.45, 7) is 6.24. The Hall–Kier alpha value is -2.50. The second kappa shape index (κ2) is 8.03. The number of carbonyl (C=O) groups is 2. The second-order valence-corrected chi connectivity index (χ2v) is 7.21. The summed E-state index contributed by atoms with van der Waals surface area (Å²) in [7, 11) is 0. The summed E-state index contributed by atoms with van der Waals surface area (Å²) in [6.07, 6.45) is -3.43. The lowest BCUT2D eigenvalue weighted by molar-refractivity contribution is -0.0697. The minimum absolute atomic E-state index is 0.0480. The molecule has 6 nitrogen and oxygen atoms in total. The Morgan fingerprint density at radius 2 is 2.04 bits per heavy atom. The first-order valence-electron chi connectivity index (χ1n) is 8.58. The molecule has 1 aromatic rings. The highest BCUT2D eigenvalue weighted by Gasteiger charge is 2.29. The van der Waals surface area contributed by atoms with E-state index in [0.717, 1.165) is 5.69 Å². The van der Waals surface area contributed by atoms with E-state index in [1.54, 1.807) is 20.8 Å². The Labute approximate surface area is 155 Å². The number of aryl methyl sites for hydroxylation is 1. The fourth-order valence-corrected chi connectivity index (χ4v) is 2.71. The molecule has 2 heterocycles. The first kappa shape index (κ1) is 20.8. The van der Waals surface area contributed by atoms with Gasteiger partial charge in [0.15, 0.2) is 6.29 Å². The number of hydrogen-bond donors (Lipinski definition) is 0. The molecule has 1 aliphatic heterocycles. The summed E-state index contributed by atoms with van der Waals surface area (Å²) in [5, 5.41) is 4.37. The number of nitrogens with zero attached hydrogens (tertiary/aromatic N) is 3. The van der Waals surface area contributed by atoms with Crippen LogP contribution in [0.2, 0.25) is 0 Å². The van der Waals surface area contributed by atoms with Gasteiger partial charge in [-0.25, -0.2) is 4.79 Å². The van der Waals surface area contributed by atoms with Crippen LogP contribution < -0.4 is 0 Å². The fraction of sp³-hybridized carbons (Fsp3) is 0.611. The van der Waals surface area contributed by atoms with E-state index >= 15 is 0 Å². The Bertz CT molecular complexity index is 767. The van der Waals surface area contributed by atoms with E-state index in [-0.39, 0.29) is 19.5 Å².